The molecule has 2 fully saturated rings. The second kappa shape index (κ2) is 9.21. The average Bonchev–Trinajstić information content (AvgIpc) is 3.27. The first-order valence-corrected chi connectivity index (χ1v) is 12.2. The molecule has 0 spiro atoms. The Balaban J connectivity index is 1.53. The largest absolute Gasteiger partial charge is 0.477 e. The van der Waals surface area contributed by atoms with E-state index in [4.69, 9.17) is 0 Å². The summed E-state index contributed by atoms with van der Waals surface area (Å²) in [5.74, 6) is 0.0712. The van der Waals surface area contributed by atoms with Crippen molar-refractivity contribution in [1.29, 1.82) is 0 Å². The maximum atomic E-state index is 13.6. The highest BCUT2D eigenvalue weighted by Crippen LogP contribution is 2.40. The van der Waals surface area contributed by atoms with E-state index in [-0.39, 0.29) is 23.6 Å². The van der Waals surface area contributed by atoms with Gasteiger partial charge in [0, 0.05) is 17.6 Å². The van der Waals surface area contributed by atoms with Gasteiger partial charge in [-0.05, 0) is 78.9 Å². The van der Waals surface area contributed by atoms with Gasteiger partial charge >= 0.3 is 5.97 Å². The normalized spacial score (nSPS) is 23.2. The number of amides is 1. The Hall–Kier alpha value is -2.43. The van der Waals surface area contributed by atoms with Crippen LogP contribution in [0.15, 0.2) is 30.5 Å². The van der Waals surface area contributed by atoms with Crippen LogP contribution in [0.4, 0.5) is 0 Å². The molecule has 4 rings (SSSR count). The topological polar surface area (TPSA) is 79.3 Å². The van der Waals surface area contributed by atoms with Gasteiger partial charge in [0.15, 0.2) is 0 Å². The summed E-state index contributed by atoms with van der Waals surface area (Å²) >= 11 is 0. The van der Waals surface area contributed by atoms with Crippen LogP contribution in [0.1, 0.15) is 94.1 Å². The maximum Gasteiger partial charge on any atom is 0.354 e. The van der Waals surface area contributed by atoms with Crippen LogP contribution in [0.25, 0.3) is 10.8 Å². The summed E-state index contributed by atoms with van der Waals surface area (Å²) in [5, 5.41) is 14.3. The highest BCUT2D eigenvalue weighted by molar-refractivity contribution is 5.93. The number of carboxylic acid groups (broad SMARTS) is 1. The number of rotatable bonds is 5. The number of aromatic carboxylic acids is 1. The van der Waals surface area contributed by atoms with Crippen molar-refractivity contribution in [3.8, 4) is 0 Å². The first-order chi connectivity index (χ1) is 15.2. The molecule has 2 aliphatic carbocycles. The number of nitrogens with one attached hydrogen (secondary N) is 1. The third-order valence-electron chi connectivity index (χ3n) is 7.78. The van der Waals surface area contributed by atoms with E-state index in [1.807, 2.05) is 18.2 Å². The molecular weight excluding hydrogens is 400 g/mol. The van der Waals surface area contributed by atoms with E-state index in [0.29, 0.717) is 11.3 Å². The van der Waals surface area contributed by atoms with E-state index < -0.39 is 5.97 Å². The van der Waals surface area contributed by atoms with Gasteiger partial charge in [-0.1, -0.05) is 45.7 Å². The molecular formula is C27H36N2O3. The summed E-state index contributed by atoms with van der Waals surface area (Å²) in [7, 11) is 0. The van der Waals surface area contributed by atoms with Gasteiger partial charge in [-0.2, -0.15) is 0 Å². The van der Waals surface area contributed by atoms with Gasteiger partial charge in [-0.15, -0.1) is 0 Å². The van der Waals surface area contributed by atoms with Crippen molar-refractivity contribution < 1.29 is 14.7 Å². The van der Waals surface area contributed by atoms with Gasteiger partial charge in [0.25, 0.3) is 0 Å². The molecule has 2 N–H and O–H groups in total. The third-order valence-corrected chi connectivity index (χ3v) is 7.78. The molecule has 1 amide bonds. The van der Waals surface area contributed by atoms with Gasteiger partial charge in [-0.3, -0.25) is 4.79 Å². The van der Waals surface area contributed by atoms with E-state index in [2.05, 4.69) is 31.1 Å². The van der Waals surface area contributed by atoms with Crippen molar-refractivity contribution in [2.24, 2.45) is 17.3 Å². The van der Waals surface area contributed by atoms with Crippen LogP contribution in [0.2, 0.25) is 0 Å². The van der Waals surface area contributed by atoms with Gasteiger partial charge in [0.05, 0.1) is 5.92 Å². The number of hydrogen-bond acceptors (Lipinski definition) is 3. The smallest absolute Gasteiger partial charge is 0.354 e. The number of carboxylic acids is 1. The van der Waals surface area contributed by atoms with E-state index in [1.54, 1.807) is 12.3 Å². The molecule has 0 aliphatic heterocycles. The van der Waals surface area contributed by atoms with Crippen LogP contribution >= 0.6 is 0 Å². The molecule has 32 heavy (non-hydrogen) atoms. The minimum absolute atomic E-state index is 0.0428. The molecule has 0 saturated heterocycles. The Kier molecular flexibility index (Phi) is 6.55. The summed E-state index contributed by atoms with van der Waals surface area (Å²) in [6.45, 7) is 6.96. The Bertz CT molecular complexity index is 980. The van der Waals surface area contributed by atoms with Crippen molar-refractivity contribution in [2.45, 2.75) is 84.1 Å². The molecule has 1 unspecified atom stereocenters. The van der Waals surface area contributed by atoms with E-state index in [9.17, 15) is 14.7 Å². The molecule has 172 valence electrons. The Morgan fingerprint density at radius 2 is 1.69 bits per heavy atom. The fraction of sp³-hybridized carbons (Fsp3) is 0.593. The molecule has 1 aromatic carbocycles. The lowest BCUT2D eigenvalue weighted by Crippen LogP contribution is -2.42. The summed E-state index contributed by atoms with van der Waals surface area (Å²) in [6, 6.07) is 7.84. The maximum absolute atomic E-state index is 13.6. The number of benzene rings is 1. The monoisotopic (exact) mass is 436 g/mol. The van der Waals surface area contributed by atoms with Gasteiger partial charge in [-0.25, -0.2) is 9.78 Å². The third kappa shape index (κ3) is 4.97. The second-order valence-corrected chi connectivity index (χ2v) is 10.9. The van der Waals surface area contributed by atoms with Crippen LogP contribution < -0.4 is 5.32 Å². The summed E-state index contributed by atoms with van der Waals surface area (Å²) in [4.78, 5) is 28.9. The Morgan fingerprint density at radius 3 is 2.31 bits per heavy atom. The fourth-order valence-electron chi connectivity index (χ4n) is 5.79. The van der Waals surface area contributed by atoms with Crippen molar-refractivity contribution >= 4 is 22.6 Å². The first kappa shape index (κ1) is 22.8. The van der Waals surface area contributed by atoms with Crippen LogP contribution in [0.5, 0.6) is 0 Å². The minimum atomic E-state index is -1.03. The predicted octanol–water partition coefficient (Wildman–Crippen LogP) is 5.93. The highest BCUT2D eigenvalue weighted by atomic mass is 16.4. The summed E-state index contributed by atoms with van der Waals surface area (Å²) < 4.78 is 0. The number of carbonyl (C=O) groups is 2. The predicted molar refractivity (Wildman–Crippen MR) is 127 cm³/mol. The first-order valence-electron chi connectivity index (χ1n) is 12.2. The average molecular weight is 437 g/mol. The minimum Gasteiger partial charge on any atom is -0.477 e. The van der Waals surface area contributed by atoms with Crippen molar-refractivity contribution in [3.63, 3.8) is 0 Å². The number of pyridine rings is 1. The van der Waals surface area contributed by atoms with Gasteiger partial charge < -0.3 is 10.4 Å². The molecule has 2 aliphatic rings. The number of fused-ring (bicyclic) bond motifs is 1. The van der Waals surface area contributed by atoms with Gasteiger partial charge in [0.2, 0.25) is 5.91 Å². The number of aromatic nitrogens is 1. The lowest BCUT2D eigenvalue weighted by Gasteiger charge is -2.37. The zero-order valence-electron chi connectivity index (χ0n) is 19.6. The SMILES string of the molecule is CC(C)(C)C1CCC(NC(=O)C(c2ccc3cc(C(=O)O)ncc3c2)C2CCCC2)CC1. The number of carbonyl (C=O) groups excluding carboxylic acids is 1. The highest BCUT2D eigenvalue weighted by Gasteiger charge is 2.35. The molecule has 0 radical (unpaired) electrons. The molecule has 1 atom stereocenters. The van der Waals surface area contributed by atoms with Crippen molar-refractivity contribution in [3.05, 3.63) is 41.7 Å². The van der Waals surface area contributed by atoms with Crippen molar-refractivity contribution in [1.82, 2.24) is 10.3 Å². The molecule has 1 aromatic heterocycles. The molecule has 5 heteroatoms. The second-order valence-electron chi connectivity index (χ2n) is 10.9. The number of nitrogens with zero attached hydrogens (tertiary/aromatic N) is 1. The van der Waals surface area contributed by atoms with E-state index in [0.717, 1.165) is 47.9 Å². The molecule has 1 heterocycles. The Morgan fingerprint density at radius 1 is 1.00 bits per heavy atom. The summed E-state index contributed by atoms with van der Waals surface area (Å²) in [6.07, 6.45) is 10.6. The molecule has 2 saturated carbocycles. The molecule has 0 bridgehead atoms. The van der Waals surface area contributed by atoms with Crippen LogP contribution in [0, 0.1) is 17.3 Å². The van der Waals surface area contributed by atoms with Crippen LogP contribution in [-0.4, -0.2) is 28.0 Å². The van der Waals surface area contributed by atoms with Crippen LogP contribution in [0.3, 0.4) is 0 Å². The van der Waals surface area contributed by atoms with Crippen LogP contribution in [-0.2, 0) is 4.79 Å². The number of hydrogen-bond donors (Lipinski definition) is 2. The zero-order chi connectivity index (χ0) is 22.9. The molecule has 5 nitrogen and oxygen atoms in total. The van der Waals surface area contributed by atoms with Crippen molar-refractivity contribution in [2.75, 3.05) is 0 Å². The molecule has 2 aromatic rings. The quantitative estimate of drug-likeness (QED) is 0.609. The fourth-order valence-corrected chi connectivity index (χ4v) is 5.79. The summed E-state index contributed by atoms with van der Waals surface area (Å²) in [5.41, 5.74) is 1.40. The van der Waals surface area contributed by atoms with E-state index >= 15 is 0 Å². The lowest BCUT2D eigenvalue weighted by atomic mass is 9.71. The Labute approximate surface area is 191 Å². The lowest BCUT2D eigenvalue weighted by molar-refractivity contribution is -0.124. The van der Waals surface area contributed by atoms with E-state index in [1.165, 1.54) is 25.7 Å². The zero-order valence-corrected chi connectivity index (χ0v) is 19.6. The van der Waals surface area contributed by atoms with Gasteiger partial charge in [0.1, 0.15) is 5.69 Å². The standard InChI is InChI=1S/C27H36N2O3/c1-27(2,3)21-10-12-22(13-11-21)29-25(30)24(17-6-4-5-7-17)19-9-8-18-15-23(26(31)32)28-16-20(18)14-19/h8-9,14-17,21-22,24H,4-7,10-13H2,1-3H3,(H,29,30)(H,31,32).